The molecular formula is C72H138O6. The molecule has 0 aromatic rings. The summed E-state index contributed by atoms with van der Waals surface area (Å²) in [6.45, 7) is 6.70. The van der Waals surface area contributed by atoms with Crippen molar-refractivity contribution in [2.75, 3.05) is 13.2 Å². The number of carbonyl (C=O) groups excluding carboxylic acids is 3. The Bertz CT molecular complexity index is 1210. The Hall–Kier alpha value is -1.85. The van der Waals surface area contributed by atoms with Crippen molar-refractivity contribution < 1.29 is 28.6 Å². The van der Waals surface area contributed by atoms with Crippen LogP contribution in [-0.4, -0.2) is 37.2 Å². The highest BCUT2D eigenvalue weighted by Gasteiger charge is 2.19. The van der Waals surface area contributed by atoms with Crippen molar-refractivity contribution in [2.24, 2.45) is 0 Å². The summed E-state index contributed by atoms with van der Waals surface area (Å²) >= 11 is 0. The van der Waals surface area contributed by atoms with E-state index < -0.39 is 6.10 Å². The SMILES string of the molecule is CCCCCCCC/C=C\CCCCCCCCCCCC(=O)OC(COC(=O)CCCCCCCCCCCC)COC(=O)CCCCCCCCCCCCCCCCCCCCCCCCCCCCCCCCC. The second-order valence-corrected chi connectivity index (χ2v) is 24.5. The molecule has 0 N–H and O–H groups in total. The van der Waals surface area contributed by atoms with Crippen molar-refractivity contribution >= 4 is 17.9 Å². The minimum Gasteiger partial charge on any atom is -0.462 e. The van der Waals surface area contributed by atoms with E-state index in [0.717, 1.165) is 57.8 Å². The lowest BCUT2D eigenvalue weighted by atomic mass is 10.0. The molecular weight excluding hydrogens is 961 g/mol. The smallest absolute Gasteiger partial charge is 0.306 e. The summed E-state index contributed by atoms with van der Waals surface area (Å²) in [5.74, 6) is -0.836. The molecule has 0 bridgehead atoms. The van der Waals surface area contributed by atoms with E-state index in [1.54, 1.807) is 0 Å². The molecule has 0 saturated carbocycles. The van der Waals surface area contributed by atoms with E-state index in [0.29, 0.717) is 19.3 Å². The zero-order valence-corrected chi connectivity index (χ0v) is 53.2. The maximum Gasteiger partial charge on any atom is 0.306 e. The molecule has 0 fully saturated rings. The van der Waals surface area contributed by atoms with E-state index in [1.807, 2.05) is 0 Å². The number of ether oxygens (including phenoxy) is 3. The fourth-order valence-electron chi connectivity index (χ4n) is 11.2. The zero-order chi connectivity index (χ0) is 56.4. The van der Waals surface area contributed by atoms with Gasteiger partial charge in [0.25, 0.3) is 0 Å². The summed E-state index contributed by atoms with van der Waals surface area (Å²) in [7, 11) is 0. The first-order valence-electron chi connectivity index (χ1n) is 35.7. The summed E-state index contributed by atoms with van der Waals surface area (Å²) in [6.07, 6.45) is 81.2. The van der Waals surface area contributed by atoms with Crippen molar-refractivity contribution in [3.05, 3.63) is 12.2 Å². The van der Waals surface area contributed by atoms with E-state index >= 15 is 0 Å². The molecule has 0 aliphatic rings. The molecule has 0 saturated heterocycles. The Kier molecular flexibility index (Phi) is 66.0. The van der Waals surface area contributed by atoms with Crippen LogP contribution in [0.25, 0.3) is 0 Å². The molecule has 0 aliphatic carbocycles. The Balaban J connectivity index is 4.05. The predicted octanol–water partition coefficient (Wildman–Crippen LogP) is 24.4. The minimum absolute atomic E-state index is 0.0643. The van der Waals surface area contributed by atoms with Crippen LogP contribution in [0, 0.1) is 0 Å². The number of hydrogen-bond donors (Lipinski definition) is 0. The van der Waals surface area contributed by atoms with Gasteiger partial charge in [0.2, 0.25) is 0 Å². The van der Waals surface area contributed by atoms with Crippen LogP contribution in [0.5, 0.6) is 0 Å². The minimum atomic E-state index is -0.766. The zero-order valence-electron chi connectivity index (χ0n) is 53.2. The molecule has 6 nitrogen and oxygen atoms in total. The average molecular weight is 1100 g/mol. The summed E-state index contributed by atoms with van der Waals surface area (Å²) in [5, 5.41) is 0. The third-order valence-electron chi connectivity index (χ3n) is 16.5. The summed E-state index contributed by atoms with van der Waals surface area (Å²) < 4.78 is 16.9. The fraction of sp³-hybridized carbons (Fsp3) is 0.931. The van der Waals surface area contributed by atoms with Gasteiger partial charge >= 0.3 is 17.9 Å². The van der Waals surface area contributed by atoms with Gasteiger partial charge in [-0.3, -0.25) is 14.4 Å². The quantitative estimate of drug-likeness (QED) is 0.0261. The molecule has 0 radical (unpaired) electrons. The molecule has 78 heavy (non-hydrogen) atoms. The van der Waals surface area contributed by atoms with Crippen LogP contribution in [0.2, 0.25) is 0 Å². The second-order valence-electron chi connectivity index (χ2n) is 24.5. The van der Waals surface area contributed by atoms with Gasteiger partial charge < -0.3 is 14.2 Å². The van der Waals surface area contributed by atoms with Gasteiger partial charge in [0, 0.05) is 19.3 Å². The number of allylic oxidation sites excluding steroid dienone is 2. The maximum absolute atomic E-state index is 12.9. The largest absolute Gasteiger partial charge is 0.462 e. The van der Waals surface area contributed by atoms with Crippen LogP contribution in [0.15, 0.2) is 12.2 Å². The fourth-order valence-corrected chi connectivity index (χ4v) is 11.2. The van der Waals surface area contributed by atoms with Crippen LogP contribution >= 0.6 is 0 Å². The molecule has 1 unspecified atom stereocenters. The van der Waals surface area contributed by atoms with Crippen molar-refractivity contribution in [3.8, 4) is 0 Å². The van der Waals surface area contributed by atoms with Crippen LogP contribution in [0.4, 0.5) is 0 Å². The highest BCUT2D eigenvalue weighted by molar-refractivity contribution is 5.71. The summed E-state index contributed by atoms with van der Waals surface area (Å²) in [6, 6.07) is 0. The van der Waals surface area contributed by atoms with Crippen LogP contribution < -0.4 is 0 Å². The van der Waals surface area contributed by atoms with Crippen LogP contribution in [0.1, 0.15) is 412 Å². The third-order valence-corrected chi connectivity index (χ3v) is 16.5. The lowest BCUT2D eigenvalue weighted by molar-refractivity contribution is -0.167. The van der Waals surface area contributed by atoms with Crippen LogP contribution in [0.3, 0.4) is 0 Å². The van der Waals surface area contributed by atoms with Gasteiger partial charge in [0.15, 0.2) is 6.10 Å². The van der Waals surface area contributed by atoms with Gasteiger partial charge in [-0.1, -0.05) is 360 Å². The number of rotatable bonds is 67. The van der Waals surface area contributed by atoms with Crippen molar-refractivity contribution in [3.63, 3.8) is 0 Å². The molecule has 462 valence electrons. The molecule has 0 rings (SSSR count). The lowest BCUT2D eigenvalue weighted by Gasteiger charge is -2.18. The topological polar surface area (TPSA) is 78.9 Å². The van der Waals surface area contributed by atoms with Crippen molar-refractivity contribution in [2.45, 2.75) is 419 Å². The first kappa shape index (κ1) is 76.1. The molecule has 0 amide bonds. The standard InChI is InChI=1S/C72H138O6/c1-4-7-10-13-16-19-22-24-26-28-30-31-32-33-34-35-36-37-38-39-40-41-43-44-46-48-50-53-56-59-62-65-71(74)77-68-69(67-76-70(73)64-61-58-55-52-21-18-15-12-9-6-3)78-72(75)66-63-60-57-54-51-49-47-45-42-29-27-25-23-20-17-14-11-8-5-2/h25,27,69H,4-24,26,28-68H2,1-3H3/b27-25-. The normalized spacial score (nSPS) is 12.0. The van der Waals surface area contributed by atoms with E-state index in [-0.39, 0.29) is 31.1 Å². The van der Waals surface area contributed by atoms with Gasteiger partial charge in [0.05, 0.1) is 0 Å². The van der Waals surface area contributed by atoms with Gasteiger partial charge in [-0.05, 0) is 44.9 Å². The van der Waals surface area contributed by atoms with E-state index in [1.165, 1.54) is 315 Å². The van der Waals surface area contributed by atoms with E-state index in [9.17, 15) is 14.4 Å². The maximum atomic E-state index is 12.9. The molecule has 1 atom stereocenters. The van der Waals surface area contributed by atoms with Gasteiger partial charge in [0.1, 0.15) is 13.2 Å². The molecule has 0 aromatic carbocycles. The van der Waals surface area contributed by atoms with E-state index in [2.05, 4.69) is 32.9 Å². The van der Waals surface area contributed by atoms with Crippen molar-refractivity contribution in [1.82, 2.24) is 0 Å². The summed E-state index contributed by atoms with van der Waals surface area (Å²) in [5.41, 5.74) is 0. The van der Waals surface area contributed by atoms with Gasteiger partial charge in [-0.2, -0.15) is 0 Å². The van der Waals surface area contributed by atoms with Gasteiger partial charge in [-0.15, -0.1) is 0 Å². The average Bonchev–Trinajstić information content (AvgIpc) is 3.44. The Morgan fingerprint density at radius 2 is 0.423 bits per heavy atom. The van der Waals surface area contributed by atoms with Crippen LogP contribution in [-0.2, 0) is 28.6 Å². The third kappa shape index (κ3) is 65.0. The number of esters is 3. The molecule has 0 heterocycles. The Morgan fingerprint density at radius 3 is 0.641 bits per heavy atom. The molecule has 6 heteroatoms. The first-order chi connectivity index (χ1) is 38.5. The summed E-state index contributed by atoms with van der Waals surface area (Å²) in [4.78, 5) is 38.3. The Morgan fingerprint density at radius 1 is 0.244 bits per heavy atom. The van der Waals surface area contributed by atoms with E-state index in [4.69, 9.17) is 14.2 Å². The molecule has 0 aliphatic heterocycles. The number of unbranched alkanes of at least 4 members (excludes halogenated alkanes) is 54. The number of hydrogen-bond acceptors (Lipinski definition) is 6. The lowest BCUT2D eigenvalue weighted by Crippen LogP contribution is -2.30. The second kappa shape index (κ2) is 67.7. The predicted molar refractivity (Wildman–Crippen MR) is 340 cm³/mol. The first-order valence-corrected chi connectivity index (χ1v) is 35.7. The molecule has 0 spiro atoms. The highest BCUT2D eigenvalue weighted by atomic mass is 16.6. The monoisotopic (exact) mass is 1100 g/mol. The highest BCUT2D eigenvalue weighted by Crippen LogP contribution is 2.19. The van der Waals surface area contributed by atoms with Gasteiger partial charge in [-0.25, -0.2) is 0 Å². The Labute approximate surface area is 488 Å². The number of carbonyl (C=O) groups is 3. The van der Waals surface area contributed by atoms with Crippen molar-refractivity contribution in [1.29, 1.82) is 0 Å². The molecule has 0 aromatic heterocycles.